The van der Waals surface area contributed by atoms with Crippen LogP contribution < -0.4 is 10.0 Å². The summed E-state index contributed by atoms with van der Waals surface area (Å²) in [5.74, 6) is -3.97. The zero-order valence-electron chi connectivity index (χ0n) is 15.7. The topological polar surface area (TPSA) is 125 Å². The van der Waals surface area contributed by atoms with Crippen molar-refractivity contribution in [3.63, 3.8) is 0 Å². The van der Waals surface area contributed by atoms with E-state index in [1.807, 2.05) is 6.07 Å². The van der Waals surface area contributed by atoms with Gasteiger partial charge in [0.15, 0.2) is 17.7 Å². The summed E-state index contributed by atoms with van der Waals surface area (Å²) >= 11 is 0. The van der Waals surface area contributed by atoms with Crippen LogP contribution in [-0.2, 0) is 24.3 Å². The predicted octanol–water partition coefficient (Wildman–Crippen LogP) is 2.08. The van der Waals surface area contributed by atoms with E-state index in [9.17, 15) is 26.8 Å². The molecule has 0 fully saturated rings. The van der Waals surface area contributed by atoms with Crippen LogP contribution in [0.2, 0.25) is 0 Å². The fourth-order valence-corrected chi connectivity index (χ4v) is 3.24. The number of ether oxygens (including phenoxy) is 1. The molecule has 0 saturated carbocycles. The number of sulfonamides is 1. The Morgan fingerprint density at radius 3 is 2.40 bits per heavy atom. The molecule has 0 saturated heterocycles. The molecule has 0 spiro atoms. The lowest BCUT2D eigenvalue weighted by molar-refractivity contribution is -0.152. The first-order valence-electron chi connectivity index (χ1n) is 8.57. The highest BCUT2D eigenvalue weighted by Crippen LogP contribution is 2.14. The van der Waals surface area contributed by atoms with Gasteiger partial charge in [0.2, 0.25) is 10.0 Å². The van der Waals surface area contributed by atoms with Gasteiger partial charge in [-0.05, 0) is 49.4 Å². The Labute approximate surface area is 171 Å². The van der Waals surface area contributed by atoms with Gasteiger partial charge in [-0.2, -0.15) is 5.26 Å². The number of halogens is 2. The third-order valence-electron chi connectivity index (χ3n) is 3.78. The van der Waals surface area contributed by atoms with Crippen LogP contribution in [0.4, 0.5) is 14.5 Å². The fourth-order valence-electron chi connectivity index (χ4n) is 2.20. The van der Waals surface area contributed by atoms with Crippen molar-refractivity contribution in [1.82, 2.24) is 4.72 Å². The second kappa shape index (κ2) is 9.91. The Hall–Kier alpha value is -3.36. The van der Waals surface area contributed by atoms with Crippen LogP contribution in [0.25, 0.3) is 0 Å². The molecular weight excluding hydrogens is 420 g/mol. The Morgan fingerprint density at radius 1 is 1.13 bits per heavy atom. The average molecular weight is 437 g/mol. The molecule has 0 heterocycles. The van der Waals surface area contributed by atoms with Crippen LogP contribution in [-0.4, -0.2) is 32.9 Å². The zero-order chi connectivity index (χ0) is 22.3. The van der Waals surface area contributed by atoms with Crippen molar-refractivity contribution < 1.29 is 31.5 Å². The Morgan fingerprint density at radius 2 is 1.80 bits per heavy atom. The summed E-state index contributed by atoms with van der Waals surface area (Å²) in [5.41, 5.74) is 0.819. The molecule has 0 aliphatic rings. The van der Waals surface area contributed by atoms with E-state index in [0.29, 0.717) is 23.4 Å². The number of esters is 1. The molecule has 11 heteroatoms. The second-order valence-electron chi connectivity index (χ2n) is 6.03. The van der Waals surface area contributed by atoms with Crippen molar-refractivity contribution in [1.29, 1.82) is 5.26 Å². The van der Waals surface area contributed by atoms with Crippen LogP contribution in [0.3, 0.4) is 0 Å². The summed E-state index contributed by atoms with van der Waals surface area (Å²) in [5, 5.41) is 11.2. The third-order valence-corrected chi connectivity index (χ3v) is 5.24. The van der Waals surface area contributed by atoms with Gasteiger partial charge in [0, 0.05) is 12.2 Å². The van der Waals surface area contributed by atoms with Gasteiger partial charge < -0.3 is 10.1 Å². The quantitative estimate of drug-likeness (QED) is 0.609. The Balaban J connectivity index is 1.82. The standard InChI is InChI=1S/C19H17F2N3O5S/c1-12(19(26)24-14-4-2-13(11-22)3-5-14)29-18(25)8-9-23-30(27,28)15-6-7-16(20)17(21)10-15/h2-7,10,12,23H,8-9H2,1H3,(H,24,26)/t12-/m0/s1. The summed E-state index contributed by atoms with van der Waals surface area (Å²) < 4.78 is 57.1. The van der Waals surface area contributed by atoms with Crippen molar-refractivity contribution in [3.05, 3.63) is 59.7 Å². The first kappa shape index (κ1) is 22.9. The average Bonchev–Trinajstić information content (AvgIpc) is 2.70. The molecule has 0 aliphatic carbocycles. The molecule has 0 aromatic heterocycles. The number of carbonyl (C=O) groups excluding carboxylic acids is 2. The lowest BCUT2D eigenvalue weighted by Crippen LogP contribution is -2.32. The normalized spacial score (nSPS) is 11.9. The predicted molar refractivity (Wildman–Crippen MR) is 102 cm³/mol. The van der Waals surface area contributed by atoms with Crippen molar-refractivity contribution in [2.24, 2.45) is 0 Å². The lowest BCUT2D eigenvalue weighted by Gasteiger charge is -2.14. The maximum absolute atomic E-state index is 13.2. The molecule has 0 aliphatic heterocycles. The maximum atomic E-state index is 13.2. The van der Waals surface area contributed by atoms with Crippen LogP contribution >= 0.6 is 0 Å². The number of nitriles is 1. The van der Waals surface area contributed by atoms with Crippen molar-refractivity contribution in [3.8, 4) is 6.07 Å². The van der Waals surface area contributed by atoms with E-state index in [-0.39, 0.29) is 6.54 Å². The zero-order valence-corrected chi connectivity index (χ0v) is 16.5. The molecule has 2 N–H and O–H groups in total. The molecule has 0 radical (unpaired) electrons. The number of rotatable bonds is 8. The van der Waals surface area contributed by atoms with E-state index >= 15 is 0 Å². The van der Waals surface area contributed by atoms with Crippen molar-refractivity contribution in [2.75, 3.05) is 11.9 Å². The summed E-state index contributed by atoms with van der Waals surface area (Å²) in [7, 11) is -4.15. The molecule has 0 unspecified atom stereocenters. The molecule has 2 rings (SSSR count). The highest BCUT2D eigenvalue weighted by Gasteiger charge is 2.20. The molecule has 2 aromatic rings. The van der Waals surface area contributed by atoms with Crippen LogP contribution in [0, 0.1) is 23.0 Å². The molecule has 0 bridgehead atoms. The molecule has 1 atom stereocenters. The SMILES string of the molecule is C[C@H](OC(=O)CCNS(=O)(=O)c1ccc(F)c(F)c1)C(=O)Nc1ccc(C#N)cc1. The second-order valence-corrected chi connectivity index (χ2v) is 7.80. The molecular formula is C19H17F2N3O5S. The van der Waals surface area contributed by atoms with E-state index in [1.165, 1.54) is 31.2 Å². The number of benzene rings is 2. The fraction of sp³-hybridized carbons (Fsp3) is 0.211. The van der Waals surface area contributed by atoms with E-state index in [2.05, 4.69) is 10.0 Å². The van der Waals surface area contributed by atoms with Gasteiger partial charge in [0.05, 0.1) is 22.9 Å². The Bertz CT molecular complexity index is 1080. The van der Waals surface area contributed by atoms with Gasteiger partial charge in [-0.1, -0.05) is 0 Å². The van der Waals surface area contributed by atoms with E-state index < -0.39 is 51.0 Å². The number of hydrogen-bond acceptors (Lipinski definition) is 6. The van der Waals surface area contributed by atoms with Gasteiger partial charge >= 0.3 is 5.97 Å². The lowest BCUT2D eigenvalue weighted by atomic mass is 10.2. The van der Waals surface area contributed by atoms with E-state index in [1.54, 1.807) is 0 Å². The summed E-state index contributed by atoms with van der Waals surface area (Å²) in [6, 6.07) is 10.0. The van der Waals surface area contributed by atoms with Gasteiger partial charge in [0.1, 0.15) is 0 Å². The highest BCUT2D eigenvalue weighted by molar-refractivity contribution is 7.89. The van der Waals surface area contributed by atoms with Crippen molar-refractivity contribution >= 4 is 27.6 Å². The van der Waals surface area contributed by atoms with Crippen LogP contribution in [0.5, 0.6) is 0 Å². The van der Waals surface area contributed by atoms with Gasteiger partial charge in [-0.25, -0.2) is 21.9 Å². The minimum Gasteiger partial charge on any atom is -0.452 e. The van der Waals surface area contributed by atoms with Gasteiger partial charge in [0.25, 0.3) is 5.91 Å². The van der Waals surface area contributed by atoms with Crippen LogP contribution in [0.1, 0.15) is 18.9 Å². The van der Waals surface area contributed by atoms with Gasteiger partial charge in [-0.15, -0.1) is 0 Å². The monoisotopic (exact) mass is 437 g/mol. The summed E-state index contributed by atoms with van der Waals surface area (Å²) in [6.45, 7) is 0.965. The van der Waals surface area contributed by atoms with E-state index in [0.717, 1.165) is 6.07 Å². The Kier molecular flexibility index (Phi) is 7.57. The molecule has 30 heavy (non-hydrogen) atoms. The van der Waals surface area contributed by atoms with Crippen LogP contribution in [0.15, 0.2) is 47.4 Å². The number of nitrogens with zero attached hydrogens (tertiary/aromatic N) is 1. The number of carbonyl (C=O) groups is 2. The van der Waals surface area contributed by atoms with Crippen molar-refractivity contribution in [2.45, 2.75) is 24.3 Å². The maximum Gasteiger partial charge on any atom is 0.307 e. The number of hydrogen-bond donors (Lipinski definition) is 2. The smallest absolute Gasteiger partial charge is 0.307 e. The molecule has 158 valence electrons. The summed E-state index contributed by atoms with van der Waals surface area (Å²) in [4.78, 5) is 23.4. The molecule has 8 nitrogen and oxygen atoms in total. The first-order valence-corrected chi connectivity index (χ1v) is 10.1. The van der Waals surface area contributed by atoms with E-state index in [4.69, 9.17) is 10.00 Å². The highest BCUT2D eigenvalue weighted by atomic mass is 32.2. The molecule has 1 amide bonds. The third kappa shape index (κ3) is 6.33. The number of anilines is 1. The number of amides is 1. The summed E-state index contributed by atoms with van der Waals surface area (Å²) in [6.07, 6.45) is -1.55. The first-order chi connectivity index (χ1) is 14.1. The minimum absolute atomic E-state index is 0.371. The molecule has 2 aromatic carbocycles. The minimum atomic E-state index is -4.15. The van der Waals surface area contributed by atoms with Gasteiger partial charge in [-0.3, -0.25) is 9.59 Å². The number of nitrogens with one attached hydrogen (secondary N) is 2. The largest absolute Gasteiger partial charge is 0.452 e.